The number of rotatable bonds is 5. The van der Waals surface area contributed by atoms with E-state index in [2.05, 4.69) is 185 Å². The number of hydrogen-bond acceptors (Lipinski definition) is 1. The van der Waals surface area contributed by atoms with Gasteiger partial charge in [0.05, 0.1) is 28.1 Å². The third-order valence-electron chi connectivity index (χ3n) is 9.23. The van der Waals surface area contributed by atoms with Crippen molar-refractivity contribution in [3.05, 3.63) is 176 Å². The molecule has 210 valence electrons. The maximum Gasteiger partial charge on any atom is 0.241 e. The van der Waals surface area contributed by atoms with Gasteiger partial charge in [-0.05, 0) is 47.5 Å². The number of anilines is 3. The molecule has 0 bridgehead atoms. The van der Waals surface area contributed by atoms with Gasteiger partial charge in [0.2, 0.25) is 6.71 Å². The minimum absolute atomic E-state index is 0.180. The molecular formula is C42H29BN2. The van der Waals surface area contributed by atoms with Crippen molar-refractivity contribution >= 4 is 62.0 Å². The fraction of sp³-hybridized carbons (Fsp3) is 0. The lowest BCUT2D eigenvalue weighted by Gasteiger charge is -2.33. The van der Waals surface area contributed by atoms with Gasteiger partial charge in [0, 0.05) is 16.5 Å². The number of fused-ring (bicyclic) bond motifs is 5. The van der Waals surface area contributed by atoms with Crippen LogP contribution in [0.3, 0.4) is 0 Å². The molecule has 0 aliphatic carbocycles. The van der Waals surface area contributed by atoms with Gasteiger partial charge in [0.25, 0.3) is 0 Å². The lowest BCUT2D eigenvalue weighted by atomic mass is 9.37. The summed E-state index contributed by atoms with van der Waals surface area (Å²) in [6.45, 7) is 0.180. The average molecular weight is 573 g/mol. The van der Waals surface area contributed by atoms with Crippen LogP contribution in [0, 0.1) is 0 Å². The summed E-state index contributed by atoms with van der Waals surface area (Å²) in [4.78, 5) is 2.43. The van der Waals surface area contributed by atoms with Crippen molar-refractivity contribution in [1.82, 2.24) is 4.57 Å². The fourth-order valence-corrected chi connectivity index (χ4v) is 7.22. The molecule has 2 heterocycles. The zero-order valence-electron chi connectivity index (χ0n) is 24.7. The molecule has 1 aromatic heterocycles. The average Bonchev–Trinajstić information content (AvgIpc) is 3.46. The smallest absolute Gasteiger partial charge is 0.241 e. The Hall–Kier alpha value is -5.80. The third kappa shape index (κ3) is 4.12. The van der Waals surface area contributed by atoms with Crippen molar-refractivity contribution in [2.24, 2.45) is 0 Å². The van der Waals surface area contributed by atoms with E-state index < -0.39 is 0 Å². The first-order chi connectivity index (χ1) is 22.3. The largest absolute Gasteiger partial charge is 0.306 e. The topological polar surface area (TPSA) is 8.17 Å². The summed E-state index contributed by atoms with van der Waals surface area (Å²) < 4.78 is 2.45. The minimum Gasteiger partial charge on any atom is -0.306 e. The molecule has 0 saturated carbocycles. The van der Waals surface area contributed by atoms with E-state index in [1.54, 1.807) is 0 Å². The summed E-state index contributed by atoms with van der Waals surface area (Å²) in [5.74, 6) is 0. The van der Waals surface area contributed by atoms with Crippen molar-refractivity contribution in [3.63, 3.8) is 0 Å². The molecule has 0 amide bonds. The van der Waals surface area contributed by atoms with Crippen LogP contribution in [0.1, 0.15) is 0 Å². The number of benzene rings is 7. The fourth-order valence-electron chi connectivity index (χ4n) is 7.22. The monoisotopic (exact) mass is 572 g/mol. The second-order valence-electron chi connectivity index (χ2n) is 11.8. The van der Waals surface area contributed by atoms with E-state index in [4.69, 9.17) is 0 Å². The van der Waals surface area contributed by atoms with Gasteiger partial charge in [-0.1, -0.05) is 156 Å². The number of nitrogens with zero attached hydrogens (tertiary/aromatic N) is 2. The SMILES string of the molecule is c1ccc(B(c2ccccc2)c2ccc(-c3ccc4c(c3)N(c3ccccc3)c3cccc5c6ccccc6n-4c35)cc2)cc1. The van der Waals surface area contributed by atoms with E-state index in [1.807, 2.05) is 0 Å². The van der Waals surface area contributed by atoms with E-state index in [9.17, 15) is 0 Å². The van der Waals surface area contributed by atoms with Crippen molar-refractivity contribution in [1.29, 1.82) is 0 Å². The van der Waals surface area contributed by atoms with Crippen LogP contribution in [0.2, 0.25) is 0 Å². The van der Waals surface area contributed by atoms with Gasteiger partial charge in [-0.2, -0.15) is 0 Å². The zero-order chi connectivity index (χ0) is 29.7. The molecule has 7 aromatic carbocycles. The van der Waals surface area contributed by atoms with Crippen LogP contribution in [-0.4, -0.2) is 11.3 Å². The molecule has 0 N–H and O–H groups in total. The summed E-state index contributed by atoms with van der Waals surface area (Å²) in [7, 11) is 0. The summed E-state index contributed by atoms with van der Waals surface area (Å²) in [5.41, 5.74) is 13.5. The van der Waals surface area contributed by atoms with E-state index in [0.717, 1.165) is 5.69 Å². The molecule has 8 aromatic rings. The molecule has 0 saturated heterocycles. The zero-order valence-corrected chi connectivity index (χ0v) is 24.7. The second-order valence-corrected chi connectivity index (χ2v) is 11.8. The normalized spacial score (nSPS) is 12.0. The Bertz CT molecular complexity index is 2270. The first kappa shape index (κ1) is 25.7. The van der Waals surface area contributed by atoms with E-state index in [1.165, 1.54) is 66.4 Å². The van der Waals surface area contributed by atoms with Gasteiger partial charge >= 0.3 is 0 Å². The Morgan fingerprint density at radius 3 is 1.67 bits per heavy atom. The van der Waals surface area contributed by atoms with Crippen LogP contribution < -0.4 is 21.3 Å². The van der Waals surface area contributed by atoms with Crippen LogP contribution in [0.15, 0.2) is 176 Å². The lowest BCUT2D eigenvalue weighted by Crippen LogP contribution is -2.51. The molecular weight excluding hydrogens is 543 g/mol. The first-order valence-electron chi connectivity index (χ1n) is 15.6. The van der Waals surface area contributed by atoms with Crippen molar-refractivity contribution in [3.8, 4) is 16.8 Å². The van der Waals surface area contributed by atoms with E-state index >= 15 is 0 Å². The van der Waals surface area contributed by atoms with Gasteiger partial charge in [-0.3, -0.25) is 0 Å². The summed E-state index contributed by atoms with van der Waals surface area (Å²) >= 11 is 0. The van der Waals surface area contributed by atoms with E-state index in [0.29, 0.717) is 0 Å². The first-order valence-corrected chi connectivity index (χ1v) is 15.6. The quantitative estimate of drug-likeness (QED) is 0.187. The highest BCUT2D eigenvalue weighted by molar-refractivity contribution is 6.95. The molecule has 0 radical (unpaired) electrons. The molecule has 2 nitrogen and oxygen atoms in total. The maximum absolute atomic E-state index is 2.45. The maximum atomic E-state index is 2.45. The molecule has 45 heavy (non-hydrogen) atoms. The van der Waals surface area contributed by atoms with Crippen LogP contribution in [-0.2, 0) is 0 Å². The van der Waals surface area contributed by atoms with Gasteiger partial charge in [0.1, 0.15) is 0 Å². The van der Waals surface area contributed by atoms with Gasteiger partial charge in [0.15, 0.2) is 0 Å². The molecule has 3 heteroatoms. The highest BCUT2D eigenvalue weighted by Gasteiger charge is 2.29. The lowest BCUT2D eigenvalue weighted by molar-refractivity contribution is 1.11. The van der Waals surface area contributed by atoms with Gasteiger partial charge in [-0.15, -0.1) is 0 Å². The molecule has 0 fully saturated rings. The minimum atomic E-state index is 0.180. The molecule has 0 unspecified atom stereocenters. The van der Waals surface area contributed by atoms with E-state index in [-0.39, 0.29) is 6.71 Å². The summed E-state index contributed by atoms with van der Waals surface area (Å²) in [5, 5.41) is 2.56. The third-order valence-corrected chi connectivity index (χ3v) is 9.23. The van der Waals surface area contributed by atoms with Crippen LogP contribution in [0.25, 0.3) is 38.6 Å². The second kappa shape index (κ2) is 10.4. The summed E-state index contributed by atoms with van der Waals surface area (Å²) in [6, 6.07) is 63.9. The molecule has 0 atom stereocenters. The van der Waals surface area contributed by atoms with Crippen molar-refractivity contribution in [2.45, 2.75) is 0 Å². The Balaban J connectivity index is 1.20. The number of hydrogen-bond donors (Lipinski definition) is 0. The highest BCUT2D eigenvalue weighted by atomic mass is 15.2. The predicted octanol–water partition coefficient (Wildman–Crippen LogP) is 8.75. The number of para-hydroxylation sites is 3. The molecule has 1 aliphatic heterocycles. The Labute approximate surface area is 263 Å². The molecule has 1 aliphatic rings. The van der Waals surface area contributed by atoms with Crippen molar-refractivity contribution < 1.29 is 0 Å². The summed E-state index contributed by atoms with van der Waals surface area (Å²) in [6.07, 6.45) is 0. The Kier molecular flexibility index (Phi) is 5.95. The van der Waals surface area contributed by atoms with Crippen molar-refractivity contribution in [2.75, 3.05) is 4.90 Å². The van der Waals surface area contributed by atoms with Gasteiger partial charge < -0.3 is 9.47 Å². The van der Waals surface area contributed by atoms with Gasteiger partial charge in [-0.25, -0.2) is 0 Å². The Morgan fingerprint density at radius 2 is 0.956 bits per heavy atom. The predicted molar refractivity (Wildman–Crippen MR) is 192 cm³/mol. The van der Waals surface area contributed by atoms with Crippen LogP contribution in [0.4, 0.5) is 17.1 Å². The van der Waals surface area contributed by atoms with Crippen LogP contribution >= 0.6 is 0 Å². The molecule has 9 rings (SSSR count). The Morgan fingerprint density at radius 1 is 0.378 bits per heavy atom. The molecule has 0 spiro atoms. The highest BCUT2D eigenvalue weighted by Crippen LogP contribution is 2.50. The number of aromatic nitrogens is 1. The van der Waals surface area contributed by atoms with Crippen LogP contribution in [0.5, 0.6) is 0 Å². The standard InChI is InChI=1S/C42H29BN2/c1-4-13-32(14-5-1)43(33-15-6-2-7-16-33)34-26-23-30(24-27-34)31-25-28-39-41(29-31)44(35-17-8-3-9-18-35)40-22-12-20-37-36-19-10-11-21-38(36)45(39)42(37)40/h1-29H.